The molecule has 8 nitrogen and oxygen atoms in total. The van der Waals surface area contributed by atoms with Gasteiger partial charge in [-0.25, -0.2) is 4.79 Å². The summed E-state index contributed by atoms with van der Waals surface area (Å²) in [6.45, 7) is 3.22. The molecule has 0 aliphatic rings. The highest BCUT2D eigenvalue weighted by atomic mass is 79.9. The van der Waals surface area contributed by atoms with Gasteiger partial charge in [0.2, 0.25) is 0 Å². The fourth-order valence-electron chi connectivity index (χ4n) is 2.17. The Hall–Kier alpha value is -2.42. The van der Waals surface area contributed by atoms with Gasteiger partial charge in [0.25, 0.3) is 5.91 Å². The van der Waals surface area contributed by atoms with Crippen LogP contribution in [-0.4, -0.2) is 48.2 Å². The lowest BCUT2D eigenvalue weighted by molar-refractivity contribution is -0.159. The van der Waals surface area contributed by atoms with Crippen molar-refractivity contribution in [3.8, 4) is 0 Å². The summed E-state index contributed by atoms with van der Waals surface area (Å²) in [6, 6.07) is 4.65. The van der Waals surface area contributed by atoms with Crippen LogP contribution < -0.4 is 5.32 Å². The third-order valence-corrected chi connectivity index (χ3v) is 3.82. The molecule has 0 bridgehead atoms. The Morgan fingerprint density at radius 1 is 1.15 bits per heavy atom. The van der Waals surface area contributed by atoms with E-state index in [4.69, 9.17) is 9.47 Å². The van der Waals surface area contributed by atoms with Crippen molar-refractivity contribution >= 4 is 39.7 Å². The van der Waals surface area contributed by atoms with Crippen LogP contribution in [0.5, 0.6) is 0 Å². The van der Waals surface area contributed by atoms with E-state index in [9.17, 15) is 24.3 Å². The quantitative estimate of drug-likeness (QED) is 0.573. The van der Waals surface area contributed by atoms with Gasteiger partial charge in [0.05, 0.1) is 25.6 Å². The topological polar surface area (TPSA) is 119 Å². The van der Waals surface area contributed by atoms with Crippen LogP contribution in [0.25, 0.3) is 0 Å². The molecule has 1 aromatic rings. The molecule has 0 aliphatic carbocycles. The van der Waals surface area contributed by atoms with Gasteiger partial charge in [-0.15, -0.1) is 0 Å². The summed E-state index contributed by atoms with van der Waals surface area (Å²) in [5, 5.41) is 11.7. The number of ether oxygens (including phenoxy) is 2. The molecule has 0 unspecified atom stereocenters. The number of amides is 1. The van der Waals surface area contributed by atoms with Crippen LogP contribution in [-0.2, 0) is 23.9 Å². The molecule has 0 saturated carbocycles. The lowest BCUT2D eigenvalue weighted by atomic mass is 9.95. The summed E-state index contributed by atoms with van der Waals surface area (Å²) in [6.07, 6.45) is -0.525. The highest BCUT2D eigenvalue weighted by molar-refractivity contribution is 9.10. The number of hydrogen-bond donors (Lipinski definition) is 2. The van der Waals surface area contributed by atoms with Crippen molar-refractivity contribution in [1.82, 2.24) is 5.32 Å². The van der Waals surface area contributed by atoms with Crippen LogP contribution in [0.1, 0.15) is 30.6 Å². The molecule has 0 fully saturated rings. The van der Waals surface area contributed by atoms with Gasteiger partial charge in [-0.1, -0.05) is 22.0 Å². The fourth-order valence-corrected chi connectivity index (χ4v) is 2.57. The minimum absolute atomic E-state index is 0.00404. The van der Waals surface area contributed by atoms with Crippen molar-refractivity contribution in [2.75, 3.05) is 13.2 Å². The van der Waals surface area contributed by atoms with Crippen molar-refractivity contribution in [3.05, 3.63) is 34.3 Å². The third-order valence-electron chi connectivity index (χ3n) is 3.32. The maximum Gasteiger partial charge on any atom is 0.327 e. The maximum atomic E-state index is 12.3. The molecule has 9 heteroatoms. The Bertz CT molecular complexity index is 677. The number of carbonyl (C=O) groups is 4. The maximum absolute atomic E-state index is 12.3. The molecule has 0 heterocycles. The number of halogens is 1. The van der Waals surface area contributed by atoms with E-state index in [-0.39, 0.29) is 18.8 Å². The van der Waals surface area contributed by atoms with E-state index >= 15 is 0 Å². The molecule has 1 aromatic carbocycles. The van der Waals surface area contributed by atoms with E-state index in [1.165, 1.54) is 12.1 Å². The zero-order chi connectivity index (χ0) is 19.7. The molecule has 0 radical (unpaired) electrons. The van der Waals surface area contributed by atoms with Crippen molar-refractivity contribution in [3.63, 3.8) is 0 Å². The average Bonchev–Trinajstić information content (AvgIpc) is 2.58. The first-order chi connectivity index (χ1) is 12.3. The number of carboxylic acids is 1. The van der Waals surface area contributed by atoms with Crippen molar-refractivity contribution < 1.29 is 33.8 Å². The number of rotatable bonds is 9. The van der Waals surface area contributed by atoms with Crippen LogP contribution in [0.3, 0.4) is 0 Å². The first-order valence-corrected chi connectivity index (χ1v) is 8.70. The number of carboxylic acid groups (broad SMARTS) is 1. The van der Waals surface area contributed by atoms with E-state index < -0.39 is 42.2 Å². The Morgan fingerprint density at radius 3 is 2.35 bits per heavy atom. The molecular weight excluding hydrogens is 410 g/mol. The number of esters is 2. The average molecular weight is 430 g/mol. The van der Waals surface area contributed by atoms with E-state index in [0.29, 0.717) is 4.47 Å². The molecule has 1 amide bonds. The monoisotopic (exact) mass is 429 g/mol. The molecule has 0 aromatic heterocycles. The minimum Gasteiger partial charge on any atom is -0.480 e. The number of hydrogen-bond acceptors (Lipinski definition) is 6. The zero-order valence-electron chi connectivity index (χ0n) is 14.4. The second kappa shape index (κ2) is 10.5. The first kappa shape index (κ1) is 21.6. The molecule has 2 N–H and O–H groups in total. The normalized spacial score (nSPS) is 12.6. The zero-order valence-corrected chi connectivity index (χ0v) is 15.9. The molecule has 0 spiro atoms. The summed E-state index contributed by atoms with van der Waals surface area (Å²) in [5.41, 5.74) is 0.198. The number of benzene rings is 1. The fraction of sp³-hybridized carbons (Fsp3) is 0.412. The SMILES string of the molecule is CCOC(=O)C[C@H](C(=O)OCC)[C@@H](NC(=O)c1cccc(Br)c1)C(=O)O. The minimum atomic E-state index is -1.65. The van der Waals surface area contributed by atoms with E-state index in [0.717, 1.165) is 0 Å². The summed E-state index contributed by atoms with van der Waals surface area (Å²) >= 11 is 3.22. The van der Waals surface area contributed by atoms with Gasteiger partial charge in [0.1, 0.15) is 6.04 Å². The van der Waals surface area contributed by atoms with Crippen LogP contribution >= 0.6 is 15.9 Å². The Kier molecular flexibility index (Phi) is 8.77. The van der Waals surface area contributed by atoms with Crippen LogP contribution in [0.15, 0.2) is 28.7 Å². The van der Waals surface area contributed by atoms with Gasteiger partial charge in [-0.05, 0) is 32.0 Å². The molecular formula is C17H20BrNO7. The van der Waals surface area contributed by atoms with E-state index in [1.54, 1.807) is 26.0 Å². The van der Waals surface area contributed by atoms with E-state index in [1.807, 2.05) is 0 Å². The lowest BCUT2D eigenvalue weighted by Gasteiger charge is -2.22. The van der Waals surface area contributed by atoms with Gasteiger partial charge in [-0.2, -0.15) is 0 Å². The smallest absolute Gasteiger partial charge is 0.327 e. The molecule has 0 aliphatic heterocycles. The summed E-state index contributed by atoms with van der Waals surface area (Å²) in [4.78, 5) is 47.9. The van der Waals surface area contributed by atoms with Gasteiger partial charge in [0.15, 0.2) is 0 Å². The Balaban J connectivity index is 3.06. The second-order valence-electron chi connectivity index (χ2n) is 5.17. The Morgan fingerprint density at radius 2 is 1.81 bits per heavy atom. The van der Waals surface area contributed by atoms with Gasteiger partial charge >= 0.3 is 17.9 Å². The third kappa shape index (κ3) is 6.47. The van der Waals surface area contributed by atoms with Crippen LogP contribution in [0.2, 0.25) is 0 Å². The highest BCUT2D eigenvalue weighted by Crippen LogP contribution is 2.16. The van der Waals surface area contributed by atoms with Crippen LogP contribution in [0, 0.1) is 5.92 Å². The molecule has 0 saturated heterocycles. The van der Waals surface area contributed by atoms with E-state index in [2.05, 4.69) is 21.2 Å². The van der Waals surface area contributed by atoms with Gasteiger partial charge in [-0.3, -0.25) is 14.4 Å². The number of aliphatic carboxylic acids is 1. The second-order valence-corrected chi connectivity index (χ2v) is 6.08. The van der Waals surface area contributed by atoms with Crippen molar-refractivity contribution in [2.24, 2.45) is 5.92 Å². The summed E-state index contributed by atoms with van der Waals surface area (Å²) in [7, 11) is 0. The number of nitrogens with one attached hydrogen (secondary N) is 1. The number of carbonyl (C=O) groups excluding carboxylic acids is 3. The summed E-state index contributed by atoms with van der Waals surface area (Å²) in [5.74, 6) is -5.23. The largest absolute Gasteiger partial charge is 0.480 e. The van der Waals surface area contributed by atoms with Crippen LogP contribution in [0.4, 0.5) is 0 Å². The standard InChI is InChI=1S/C17H20BrNO7/c1-3-25-13(20)9-12(17(24)26-4-2)14(16(22)23)19-15(21)10-6-5-7-11(18)8-10/h5-8,12,14H,3-4,9H2,1-2H3,(H,19,21)(H,22,23)/t12-,14+/m0/s1. The molecule has 142 valence electrons. The first-order valence-electron chi connectivity index (χ1n) is 7.91. The van der Waals surface area contributed by atoms with Gasteiger partial charge < -0.3 is 19.9 Å². The summed E-state index contributed by atoms with van der Waals surface area (Å²) < 4.78 is 10.3. The van der Waals surface area contributed by atoms with Gasteiger partial charge in [0, 0.05) is 10.0 Å². The predicted molar refractivity (Wildman–Crippen MR) is 94.4 cm³/mol. The predicted octanol–water partition coefficient (Wildman–Crippen LogP) is 1.76. The van der Waals surface area contributed by atoms with Crippen molar-refractivity contribution in [1.29, 1.82) is 0 Å². The molecule has 1 rings (SSSR count). The lowest BCUT2D eigenvalue weighted by Crippen LogP contribution is -2.49. The molecule has 26 heavy (non-hydrogen) atoms. The van der Waals surface area contributed by atoms with Crippen molar-refractivity contribution in [2.45, 2.75) is 26.3 Å². The Labute approximate surface area is 159 Å². The highest BCUT2D eigenvalue weighted by Gasteiger charge is 2.38. The molecule has 2 atom stereocenters.